The number of carbonyl (C=O) groups excluding carboxylic acids is 2. The molecule has 5 unspecified atom stereocenters. The van der Waals surface area contributed by atoms with Crippen molar-refractivity contribution in [3.63, 3.8) is 0 Å². The minimum absolute atomic E-state index is 0.000255. The van der Waals surface area contributed by atoms with Crippen molar-refractivity contribution in [2.75, 3.05) is 26.1 Å². The molecule has 3 aliphatic carbocycles. The summed E-state index contributed by atoms with van der Waals surface area (Å²) in [5.74, 6) is -0.567. The molecule has 3 aliphatic rings. The fourth-order valence-corrected chi connectivity index (χ4v) is 4.38. The number of carbonyl (C=O) groups is 2. The molecule has 3 saturated carbocycles. The topological polar surface area (TPSA) is 147 Å². The molecular weight excluding hydrogens is 428 g/mol. The lowest BCUT2D eigenvalue weighted by Crippen LogP contribution is -2.21. The van der Waals surface area contributed by atoms with Crippen LogP contribution in [0.15, 0.2) is 0 Å². The van der Waals surface area contributed by atoms with Gasteiger partial charge in [0, 0.05) is 24.9 Å². The minimum atomic E-state index is -3.35. The van der Waals surface area contributed by atoms with Crippen molar-refractivity contribution in [3.05, 3.63) is 0 Å². The number of hydrogen-bond acceptors (Lipinski definition) is 9. The molecule has 0 aromatic carbocycles. The van der Waals surface area contributed by atoms with E-state index in [2.05, 4.69) is 4.18 Å². The lowest BCUT2D eigenvalue weighted by molar-refractivity contribution is -0.150. The second kappa shape index (κ2) is 14.2. The quantitative estimate of drug-likeness (QED) is 0.298. The van der Waals surface area contributed by atoms with Crippen LogP contribution in [-0.2, 0) is 28.6 Å². The van der Waals surface area contributed by atoms with Crippen LogP contribution in [0.4, 0.5) is 0 Å². The molecule has 31 heavy (non-hydrogen) atoms. The van der Waals surface area contributed by atoms with Crippen LogP contribution >= 0.6 is 0 Å². The van der Waals surface area contributed by atoms with Gasteiger partial charge < -0.3 is 20.1 Å². The molecule has 0 saturated heterocycles. The highest BCUT2D eigenvalue weighted by atomic mass is 32.2. The number of hydrogen-bond donors (Lipinski definition) is 3. The van der Waals surface area contributed by atoms with Crippen molar-refractivity contribution in [1.29, 1.82) is 0 Å². The molecule has 0 radical (unpaired) electrons. The molecule has 3 fully saturated rings. The molecule has 182 valence electrons. The smallest absolute Gasteiger partial charge is 0.316 e. The Morgan fingerprint density at radius 2 is 1.58 bits per heavy atom. The maximum Gasteiger partial charge on any atom is 0.316 e. The number of ether oxygens (including phenoxy) is 1. The Labute approximate surface area is 185 Å². The summed E-state index contributed by atoms with van der Waals surface area (Å²) < 4.78 is 30.5. The molecule has 0 bridgehead atoms. The Hall–Kier alpha value is -1.07. The molecule has 9 nitrogen and oxygen atoms in total. The summed E-state index contributed by atoms with van der Waals surface area (Å²) in [7, 11) is -3.35. The average molecular weight is 467 g/mol. The molecule has 0 spiro atoms. The second-order valence-corrected chi connectivity index (χ2v) is 10.00. The van der Waals surface area contributed by atoms with Gasteiger partial charge in [-0.2, -0.15) is 8.42 Å². The summed E-state index contributed by atoms with van der Waals surface area (Å²) in [5.41, 5.74) is 0. The summed E-state index contributed by atoms with van der Waals surface area (Å²) in [5, 5.41) is 26.9. The molecule has 0 amide bonds. The van der Waals surface area contributed by atoms with Crippen molar-refractivity contribution in [2.24, 2.45) is 17.8 Å². The Kier molecular flexibility index (Phi) is 12.8. The fraction of sp³-hybridized carbons (Fsp3) is 0.905. The first-order chi connectivity index (χ1) is 14.6. The van der Waals surface area contributed by atoms with Crippen LogP contribution in [0.1, 0.15) is 64.7 Å². The van der Waals surface area contributed by atoms with E-state index in [4.69, 9.17) is 14.9 Å². The van der Waals surface area contributed by atoms with E-state index < -0.39 is 16.0 Å². The van der Waals surface area contributed by atoms with Gasteiger partial charge in [-0.05, 0) is 45.4 Å². The van der Waals surface area contributed by atoms with Crippen LogP contribution in [-0.4, -0.2) is 73.8 Å². The Balaban J connectivity index is 0.000000237. The SMILES string of the molecule is CCOC(=O)C1CCCC1=O.CS(=O)(=O)OCC1CCCC1O.OCC1CCCC1O. The van der Waals surface area contributed by atoms with Gasteiger partial charge in [-0.25, -0.2) is 0 Å². The molecule has 10 heteroatoms. The van der Waals surface area contributed by atoms with Crippen LogP contribution < -0.4 is 0 Å². The third-order valence-corrected chi connectivity index (χ3v) is 6.41. The molecular formula is C21H38O9S. The third kappa shape index (κ3) is 10.9. The van der Waals surface area contributed by atoms with E-state index in [-0.39, 0.29) is 49.0 Å². The zero-order valence-electron chi connectivity index (χ0n) is 18.6. The van der Waals surface area contributed by atoms with Gasteiger partial charge in [-0.3, -0.25) is 13.8 Å². The van der Waals surface area contributed by atoms with Crippen LogP contribution in [0, 0.1) is 17.8 Å². The lowest BCUT2D eigenvalue weighted by Gasteiger charge is -2.12. The first kappa shape index (κ1) is 28.0. The van der Waals surface area contributed by atoms with E-state index in [0.717, 1.165) is 51.2 Å². The standard InChI is InChI=1S/C8H12O3.C7H14O4S.C6H12O2/c1-2-11-8(10)6-4-3-5-7(6)9;1-12(9,10)11-5-6-3-2-4-7(6)8;7-4-5-2-1-3-6(5)8/h6H,2-5H2,1H3;6-8H,2-5H2,1H3;5-8H,1-4H2. The predicted octanol–water partition coefficient (Wildman–Crippen LogP) is 1.18. The Morgan fingerprint density at radius 1 is 1.00 bits per heavy atom. The van der Waals surface area contributed by atoms with E-state index in [1.54, 1.807) is 6.92 Å². The van der Waals surface area contributed by atoms with Crippen molar-refractivity contribution >= 4 is 21.9 Å². The van der Waals surface area contributed by atoms with Crippen LogP contribution in [0.2, 0.25) is 0 Å². The van der Waals surface area contributed by atoms with Gasteiger partial charge in [0.2, 0.25) is 0 Å². The lowest BCUT2D eigenvalue weighted by atomic mass is 10.1. The third-order valence-electron chi connectivity index (χ3n) is 5.84. The van der Waals surface area contributed by atoms with Gasteiger partial charge in [-0.1, -0.05) is 12.8 Å². The van der Waals surface area contributed by atoms with Crippen LogP contribution in [0.3, 0.4) is 0 Å². The highest BCUT2D eigenvalue weighted by molar-refractivity contribution is 7.85. The molecule has 0 aliphatic heterocycles. The van der Waals surface area contributed by atoms with Gasteiger partial charge in [0.15, 0.2) is 0 Å². The van der Waals surface area contributed by atoms with Crippen molar-refractivity contribution in [1.82, 2.24) is 0 Å². The number of aliphatic hydroxyl groups excluding tert-OH is 3. The first-order valence-electron chi connectivity index (χ1n) is 11.1. The molecule has 5 atom stereocenters. The van der Waals surface area contributed by atoms with Crippen molar-refractivity contribution < 1.29 is 42.2 Å². The summed E-state index contributed by atoms with van der Waals surface area (Å²) in [4.78, 5) is 22.0. The van der Waals surface area contributed by atoms with Gasteiger partial charge in [0.05, 0.1) is 31.7 Å². The van der Waals surface area contributed by atoms with Gasteiger partial charge in [-0.15, -0.1) is 0 Å². The van der Waals surface area contributed by atoms with Crippen molar-refractivity contribution in [3.8, 4) is 0 Å². The van der Waals surface area contributed by atoms with Crippen molar-refractivity contribution in [2.45, 2.75) is 76.9 Å². The monoisotopic (exact) mass is 466 g/mol. The minimum Gasteiger partial charge on any atom is -0.465 e. The molecule has 0 aromatic rings. The average Bonchev–Trinajstić information content (AvgIpc) is 3.42. The second-order valence-electron chi connectivity index (χ2n) is 8.35. The molecule has 3 rings (SSSR count). The van der Waals surface area contributed by atoms with E-state index in [1.165, 1.54) is 0 Å². The number of rotatable bonds is 6. The van der Waals surface area contributed by atoms with E-state index in [9.17, 15) is 23.1 Å². The maximum absolute atomic E-state index is 11.0. The number of aliphatic hydroxyl groups is 3. The van der Waals surface area contributed by atoms with Gasteiger partial charge in [0.1, 0.15) is 11.7 Å². The predicted molar refractivity (Wildman–Crippen MR) is 114 cm³/mol. The Morgan fingerprint density at radius 3 is 1.94 bits per heavy atom. The summed E-state index contributed by atoms with van der Waals surface area (Å²) in [6.45, 7) is 2.39. The number of esters is 1. The van der Waals surface area contributed by atoms with E-state index >= 15 is 0 Å². The normalized spacial score (nSPS) is 30.2. The summed E-state index contributed by atoms with van der Waals surface area (Å²) in [6, 6.07) is 0. The zero-order valence-corrected chi connectivity index (χ0v) is 19.4. The molecule has 3 N–H and O–H groups in total. The fourth-order valence-electron chi connectivity index (χ4n) is 3.96. The van der Waals surface area contributed by atoms with Gasteiger partial charge >= 0.3 is 5.97 Å². The maximum atomic E-state index is 11.0. The number of ketones is 1. The van der Waals surface area contributed by atoms with Crippen LogP contribution in [0.25, 0.3) is 0 Å². The first-order valence-corrected chi connectivity index (χ1v) is 12.9. The number of Topliss-reactive ketones (excluding diaryl/α,β-unsaturated/α-hetero) is 1. The van der Waals surface area contributed by atoms with E-state index in [0.29, 0.717) is 19.4 Å². The van der Waals surface area contributed by atoms with Gasteiger partial charge in [0.25, 0.3) is 10.1 Å². The zero-order chi connectivity index (χ0) is 23.4. The molecule has 0 aromatic heterocycles. The highest BCUT2D eigenvalue weighted by Crippen LogP contribution is 2.26. The largest absolute Gasteiger partial charge is 0.465 e. The van der Waals surface area contributed by atoms with E-state index in [1.807, 2.05) is 0 Å². The van der Waals surface area contributed by atoms with Crippen LogP contribution in [0.5, 0.6) is 0 Å². The molecule has 0 heterocycles. The Bertz CT molecular complexity index is 649. The highest BCUT2D eigenvalue weighted by Gasteiger charge is 2.31. The summed E-state index contributed by atoms with van der Waals surface area (Å²) in [6.07, 6.45) is 8.01. The summed E-state index contributed by atoms with van der Waals surface area (Å²) >= 11 is 0.